The van der Waals surface area contributed by atoms with E-state index in [0.29, 0.717) is 0 Å². The molecule has 0 bridgehead atoms. The standard InChI is InChI=1S/C16H17N3S/c1-2-15-8-9-16(20-15)12-17-13-4-6-14(7-5-13)19-11-3-10-18-19/h3-11,17H,2,12H2,1H3. The molecule has 0 spiro atoms. The number of hydrogen-bond donors (Lipinski definition) is 1. The summed E-state index contributed by atoms with van der Waals surface area (Å²) in [5.41, 5.74) is 2.21. The highest BCUT2D eigenvalue weighted by Gasteiger charge is 2.00. The molecule has 0 radical (unpaired) electrons. The van der Waals surface area contributed by atoms with Gasteiger partial charge in [0.2, 0.25) is 0 Å². The van der Waals surface area contributed by atoms with E-state index in [9.17, 15) is 0 Å². The molecule has 1 N–H and O–H groups in total. The fourth-order valence-corrected chi connectivity index (χ4v) is 2.95. The lowest BCUT2D eigenvalue weighted by Crippen LogP contribution is -1.98. The zero-order valence-corrected chi connectivity index (χ0v) is 12.2. The van der Waals surface area contributed by atoms with Gasteiger partial charge in [-0.1, -0.05) is 6.92 Å². The lowest BCUT2D eigenvalue weighted by Gasteiger charge is -2.06. The van der Waals surface area contributed by atoms with Gasteiger partial charge in [-0.25, -0.2) is 4.68 Å². The molecule has 3 nitrogen and oxygen atoms in total. The van der Waals surface area contributed by atoms with Crippen LogP contribution < -0.4 is 5.32 Å². The Morgan fingerprint density at radius 1 is 1.10 bits per heavy atom. The van der Waals surface area contributed by atoms with E-state index < -0.39 is 0 Å². The van der Waals surface area contributed by atoms with E-state index in [0.717, 1.165) is 24.3 Å². The Hall–Kier alpha value is -2.07. The molecule has 102 valence electrons. The van der Waals surface area contributed by atoms with Crippen molar-refractivity contribution in [3.63, 3.8) is 0 Å². The largest absolute Gasteiger partial charge is 0.380 e. The first-order chi connectivity index (χ1) is 9.85. The molecule has 0 amide bonds. The van der Waals surface area contributed by atoms with Crippen LogP contribution in [0.15, 0.2) is 54.9 Å². The first kappa shape index (κ1) is 12.9. The molecule has 3 aromatic rings. The molecule has 4 heteroatoms. The number of benzene rings is 1. The van der Waals surface area contributed by atoms with Crippen molar-refractivity contribution in [2.24, 2.45) is 0 Å². The zero-order valence-electron chi connectivity index (χ0n) is 11.4. The quantitative estimate of drug-likeness (QED) is 0.763. The lowest BCUT2D eigenvalue weighted by molar-refractivity contribution is 0.880. The summed E-state index contributed by atoms with van der Waals surface area (Å²) in [6.07, 6.45) is 4.85. The third-order valence-electron chi connectivity index (χ3n) is 3.17. The predicted octanol–water partition coefficient (Wildman–Crippen LogP) is 4.11. The highest BCUT2D eigenvalue weighted by Crippen LogP contribution is 2.19. The molecule has 0 unspecified atom stereocenters. The van der Waals surface area contributed by atoms with Crippen LogP contribution in [0.4, 0.5) is 5.69 Å². The maximum atomic E-state index is 4.22. The number of anilines is 1. The van der Waals surface area contributed by atoms with Crippen LogP contribution in [0, 0.1) is 0 Å². The van der Waals surface area contributed by atoms with Gasteiger partial charge in [0.05, 0.1) is 5.69 Å². The third-order valence-corrected chi connectivity index (χ3v) is 4.40. The van der Waals surface area contributed by atoms with Crippen LogP contribution in [0.2, 0.25) is 0 Å². The van der Waals surface area contributed by atoms with Crippen molar-refractivity contribution in [3.05, 3.63) is 64.6 Å². The second-order valence-corrected chi connectivity index (χ2v) is 5.83. The summed E-state index contributed by atoms with van der Waals surface area (Å²) in [7, 11) is 0. The Labute approximate surface area is 122 Å². The van der Waals surface area contributed by atoms with E-state index in [2.05, 4.69) is 53.7 Å². The first-order valence-electron chi connectivity index (χ1n) is 6.76. The Balaban J connectivity index is 1.63. The molecule has 0 saturated carbocycles. The van der Waals surface area contributed by atoms with Crippen molar-refractivity contribution in [2.75, 3.05) is 5.32 Å². The van der Waals surface area contributed by atoms with Gasteiger partial charge in [-0.2, -0.15) is 5.10 Å². The Bertz CT molecular complexity index is 653. The van der Waals surface area contributed by atoms with Crippen LogP contribution >= 0.6 is 11.3 Å². The summed E-state index contributed by atoms with van der Waals surface area (Å²) in [4.78, 5) is 2.81. The number of aryl methyl sites for hydroxylation is 1. The maximum absolute atomic E-state index is 4.22. The van der Waals surface area contributed by atoms with Crippen LogP contribution in [0.1, 0.15) is 16.7 Å². The fourth-order valence-electron chi connectivity index (χ4n) is 2.05. The van der Waals surface area contributed by atoms with E-state index in [-0.39, 0.29) is 0 Å². The van der Waals surface area contributed by atoms with Crippen molar-refractivity contribution < 1.29 is 0 Å². The van der Waals surface area contributed by atoms with Gasteiger partial charge in [-0.3, -0.25) is 0 Å². The summed E-state index contributed by atoms with van der Waals surface area (Å²) in [6, 6.07) is 14.7. The molecule has 0 atom stereocenters. The van der Waals surface area contributed by atoms with Crippen molar-refractivity contribution in [3.8, 4) is 5.69 Å². The van der Waals surface area contributed by atoms with E-state index in [1.54, 1.807) is 6.20 Å². The number of nitrogens with one attached hydrogen (secondary N) is 1. The van der Waals surface area contributed by atoms with Gasteiger partial charge in [-0.05, 0) is 48.9 Å². The molecule has 2 heterocycles. The number of thiophene rings is 1. The molecule has 2 aromatic heterocycles. The smallest absolute Gasteiger partial charge is 0.0647 e. The van der Waals surface area contributed by atoms with Crippen LogP contribution in [-0.4, -0.2) is 9.78 Å². The SMILES string of the molecule is CCc1ccc(CNc2ccc(-n3cccn3)cc2)s1. The van der Waals surface area contributed by atoms with Gasteiger partial charge in [0, 0.05) is 34.4 Å². The monoisotopic (exact) mass is 283 g/mol. The second kappa shape index (κ2) is 5.92. The number of aromatic nitrogens is 2. The number of nitrogens with zero attached hydrogens (tertiary/aromatic N) is 2. The van der Waals surface area contributed by atoms with Crippen molar-refractivity contribution >= 4 is 17.0 Å². The van der Waals surface area contributed by atoms with Crippen molar-refractivity contribution in [1.29, 1.82) is 0 Å². The molecular formula is C16H17N3S. The Morgan fingerprint density at radius 3 is 2.55 bits per heavy atom. The van der Waals surface area contributed by atoms with Crippen LogP contribution in [0.5, 0.6) is 0 Å². The zero-order chi connectivity index (χ0) is 13.8. The minimum atomic E-state index is 0.881. The third kappa shape index (κ3) is 2.91. The highest BCUT2D eigenvalue weighted by atomic mass is 32.1. The summed E-state index contributed by atoms with van der Waals surface area (Å²) >= 11 is 1.88. The second-order valence-electron chi connectivity index (χ2n) is 4.57. The van der Waals surface area contributed by atoms with E-state index >= 15 is 0 Å². The van der Waals surface area contributed by atoms with Gasteiger partial charge in [0.25, 0.3) is 0 Å². The van der Waals surface area contributed by atoms with Crippen LogP contribution in [-0.2, 0) is 13.0 Å². The summed E-state index contributed by atoms with van der Waals surface area (Å²) in [5, 5.41) is 7.67. The highest BCUT2D eigenvalue weighted by molar-refractivity contribution is 7.12. The molecule has 1 aromatic carbocycles. The van der Waals surface area contributed by atoms with E-state index in [4.69, 9.17) is 0 Å². The van der Waals surface area contributed by atoms with Gasteiger partial charge in [0.1, 0.15) is 0 Å². The van der Waals surface area contributed by atoms with Gasteiger partial charge < -0.3 is 5.32 Å². The summed E-state index contributed by atoms with van der Waals surface area (Å²) < 4.78 is 1.86. The van der Waals surface area contributed by atoms with Gasteiger partial charge >= 0.3 is 0 Å². The molecule has 0 saturated heterocycles. The molecule has 0 aliphatic carbocycles. The van der Waals surface area contributed by atoms with Gasteiger partial charge in [-0.15, -0.1) is 11.3 Å². The van der Waals surface area contributed by atoms with E-state index in [1.165, 1.54) is 9.75 Å². The number of rotatable bonds is 5. The molecule has 0 aliphatic rings. The molecule has 20 heavy (non-hydrogen) atoms. The van der Waals surface area contributed by atoms with Crippen LogP contribution in [0.3, 0.4) is 0 Å². The minimum Gasteiger partial charge on any atom is -0.380 e. The molecule has 3 rings (SSSR count). The topological polar surface area (TPSA) is 29.9 Å². The minimum absolute atomic E-state index is 0.881. The number of hydrogen-bond acceptors (Lipinski definition) is 3. The van der Waals surface area contributed by atoms with Crippen LogP contribution in [0.25, 0.3) is 5.69 Å². The normalized spacial score (nSPS) is 10.7. The average Bonchev–Trinajstić information content (AvgIpc) is 3.17. The van der Waals surface area contributed by atoms with Gasteiger partial charge in [0.15, 0.2) is 0 Å². The lowest BCUT2D eigenvalue weighted by atomic mass is 10.3. The van der Waals surface area contributed by atoms with Crippen molar-refractivity contribution in [2.45, 2.75) is 19.9 Å². The predicted molar refractivity (Wildman–Crippen MR) is 84.6 cm³/mol. The maximum Gasteiger partial charge on any atom is 0.0647 e. The van der Waals surface area contributed by atoms with E-state index in [1.807, 2.05) is 28.3 Å². The Morgan fingerprint density at radius 2 is 1.90 bits per heavy atom. The van der Waals surface area contributed by atoms with Crippen molar-refractivity contribution in [1.82, 2.24) is 9.78 Å². The first-order valence-corrected chi connectivity index (χ1v) is 7.58. The fraction of sp³-hybridized carbons (Fsp3) is 0.188. The Kier molecular flexibility index (Phi) is 3.83. The molecule has 0 aliphatic heterocycles. The molecule has 0 fully saturated rings. The summed E-state index contributed by atoms with van der Waals surface area (Å²) in [5.74, 6) is 0. The average molecular weight is 283 g/mol. The summed E-state index contributed by atoms with van der Waals surface area (Å²) in [6.45, 7) is 3.07. The molecular weight excluding hydrogens is 266 g/mol.